The minimum Gasteiger partial charge on any atom is -0.489 e. The van der Waals surface area contributed by atoms with E-state index in [0.717, 1.165) is 52.9 Å². The molecule has 36 heavy (non-hydrogen) atoms. The Morgan fingerprint density at radius 3 is 2.50 bits per heavy atom. The minimum atomic E-state index is -0.0484. The average molecular weight is 480 g/mol. The molecule has 0 fully saturated rings. The molecule has 5 aromatic rings. The molecule has 7 heteroatoms. The van der Waals surface area contributed by atoms with E-state index in [1.807, 2.05) is 85.8 Å². The summed E-state index contributed by atoms with van der Waals surface area (Å²) >= 11 is 0. The molecule has 1 amide bonds. The molecule has 0 radical (unpaired) electrons. The van der Waals surface area contributed by atoms with Gasteiger partial charge in [-0.1, -0.05) is 48.5 Å². The van der Waals surface area contributed by atoms with E-state index in [9.17, 15) is 4.79 Å². The summed E-state index contributed by atoms with van der Waals surface area (Å²) in [5.74, 6) is 2.03. The van der Waals surface area contributed by atoms with Crippen LogP contribution in [0.25, 0.3) is 21.9 Å². The maximum atomic E-state index is 12.3. The van der Waals surface area contributed by atoms with Crippen LogP contribution in [-0.4, -0.2) is 27.0 Å². The van der Waals surface area contributed by atoms with Gasteiger partial charge in [-0.05, 0) is 55.7 Å². The summed E-state index contributed by atoms with van der Waals surface area (Å²) in [6, 6.07) is 25.2. The van der Waals surface area contributed by atoms with Crippen LogP contribution in [0.15, 0.2) is 78.9 Å². The molecule has 0 unspecified atom stereocenters. The standard InChI is InChI=1S/C29H29N5O2/c1-20-32-26-27(34(20)17-9-8-16-31-29(35)22-12-6-3-7-13-22)24-18-23(14-15-25(24)33-28(26)30)36-19-21-10-4-2-5-11-21/h2-7,10-15,18H,8-9,16-17,19H2,1H3,(H2,30,33)(H,31,35). The maximum absolute atomic E-state index is 12.3. The summed E-state index contributed by atoms with van der Waals surface area (Å²) in [5, 5.41) is 3.96. The van der Waals surface area contributed by atoms with Gasteiger partial charge < -0.3 is 20.4 Å². The van der Waals surface area contributed by atoms with Crippen molar-refractivity contribution in [3.8, 4) is 5.75 Å². The molecule has 0 aliphatic carbocycles. The second-order valence-corrected chi connectivity index (χ2v) is 8.79. The Balaban J connectivity index is 1.32. The topological polar surface area (TPSA) is 95.1 Å². The van der Waals surface area contributed by atoms with Crippen LogP contribution in [0.1, 0.15) is 34.6 Å². The lowest BCUT2D eigenvalue weighted by Gasteiger charge is -2.12. The lowest BCUT2D eigenvalue weighted by atomic mass is 10.1. The van der Waals surface area contributed by atoms with Gasteiger partial charge in [0.25, 0.3) is 5.91 Å². The van der Waals surface area contributed by atoms with E-state index in [4.69, 9.17) is 15.5 Å². The SMILES string of the molecule is Cc1nc2c(N)nc3ccc(OCc4ccccc4)cc3c2n1CCCCNC(=O)c1ccccc1. The van der Waals surface area contributed by atoms with Gasteiger partial charge in [0.15, 0.2) is 5.82 Å². The number of rotatable bonds is 9. The van der Waals surface area contributed by atoms with Crippen molar-refractivity contribution in [2.75, 3.05) is 12.3 Å². The lowest BCUT2D eigenvalue weighted by Crippen LogP contribution is -2.24. The predicted octanol–water partition coefficient (Wildman–Crippen LogP) is 5.26. The fourth-order valence-corrected chi connectivity index (χ4v) is 4.39. The average Bonchev–Trinajstić information content (AvgIpc) is 3.25. The smallest absolute Gasteiger partial charge is 0.251 e. The molecule has 182 valence electrons. The zero-order valence-electron chi connectivity index (χ0n) is 20.3. The number of nitrogens with one attached hydrogen (secondary N) is 1. The monoisotopic (exact) mass is 479 g/mol. The molecule has 2 aromatic heterocycles. The molecular weight excluding hydrogens is 450 g/mol. The van der Waals surface area contributed by atoms with Gasteiger partial charge in [-0.25, -0.2) is 9.97 Å². The molecule has 7 nitrogen and oxygen atoms in total. The highest BCUT2D eigenvalue weighted by atomic mass is 16.5. The molecule has 0 bridgehead atoms. The lowest BCUT2D eigenvalue weighted by molar-refractivity contribution is 0.0953. The summed E-state index contributed by atoms with van der Waals surface area (Å²) in [6.45, 7) is 3.85. The molecule has 0 aliphatic heterocycles. The number of imidazole rings is 1. The summed E-state index contributed by atoms with van der Waals surface area (Å²) in [7, 11) is 0. The van der Waals surface area contributed by atoms with Crippen molar-refractivity contribution in [2.24, 2.45) is 0 Å². The third kappa shape index (κ3) is 5.00. The minimum absolute atomic E-state index is 0.0484. The number of carbonyl (C=O) groups excluding carboxylic acids is 1. The number of fused-ring (bicyclic) bond motifs is 3. The first-order valence-corrected chi connectivity index (χ1v) is 12.2. The number of nitrogens with two attached hydrogens (primary N) is 1. The van der Waals surface area contributed by atoms with Crippen molar-refractivity contribution in [3.05, 3.63) is 95.8 Å². The number of pyridine rings is 1. The van der Waals surface area contributed by atoms with E-state index in [2.05, 4.69) is 14.9 Å². The van der Waals surface area contributed by atoms with Crippen LogP contribution >= 0.6 is 0 Å². The normalized spacial score (nSPS) is 11.1. The first-order chi connectivity index (χ1) is 17.6. The summed E-state index contributed by atoms with van der Waals surface area (Å²) in [4.78, 5) is 21.6. The Morgan fingerprint density at radius 2 is 1.72 bits per heavy atom. The Labute approximate surface area is 209 Å². The molecule has 0 atom stereocenters. The van der Waals surface area contributed by atoms with Crippen LogP contribution < -0.4 is 15.8 Å². The number of amides is 1. The number of unbranched alkanes of at least 4 members (excludes halogenated alkanes) is 1. The fourth-order valence-electron chi connectivity index (χ4n) is 4.39. The number of ether oxygens (including phenoxy) is 1. The highest BCUT2D eigenvalue weighted by Crippen LogP contribution is 2.31. The van der Waals surface area contributed by atoms with Crippen LogP contribution in [0.2, 0.25) is 0 Å². The number of hydrogen-bond acceptors (Lipinski definition) is 5. The number of nitrogen functional groups attached to an aromatic ring is 1. The molecule has 0 aliphatic rings. The van der Waals surface area contributed by atoms with E-state index in [1.54, 1.807) is 0 Å². The Bertz CT molecular complexity index is 1500. The van der Waals surface area contributed by atoms with E-state index in [1.165, 1.54) is 0 Å². The van der Waals surface area contributed by atoms with Gasteiger partial charge in [0, 0.05) is 24.0 Å². The number of hydrogen-bond donors (Lipinski definition) is 2. The molecule has 0 spiro atoms. The van der Waals surface area contributed by atoms with Crippen molar-refractivity contribution in [3.63, 3.8) is 0 Å². The highest BCUT2D eigenvalue weighted by Gasteiger charge is 2.16. The number of nitrogens with zero attached hydrogens (tertiary/aromatic N) is 3. The predicted molar refractivity (Wildman–Crippen MR) is 143 cm³/mol. The Hall–Kier alpha value is -4.39. The van der Waals surface area contributed by atoms with Crippen molar-refractivity contribution < 1.29 is 9.53 Å². The largest absolute Gasteiger partial charge is 0.489 e. The van der Waals surface area contributed by atoms with Gasteiger partial charge in [-0.3, -0.25) is 4.79 Å². The Morgan fingerprint density at radius 1 is 0.972 bits per heavy atom. The Kier molecular flexibility index (Phi) is 6.80. The molecular formula is C29H29N5O2. The van der Waals surface area contributed by atoms with Crippen LogP contribution in [0.5, 0.6) is 5.75 Å². The number of carbonyl (C=O) groups is 1. The highest BCUT2D eigenvalue weighted by molar-refractivity contribution is 6.07. The molecule has 3 N–H and O–H groups in total. The van der Waals surface area contributed by atoms with Crippen LogP contribution in [-0.2, 0) is 13.2 Å². The number of aryl methyl sites for hydroxylation is 2. The number of aromatic nitrogens is 3. The van der Waals surface area contributed by atoms with Gasteiger partial charge in [-0.2, -0.15) is 0 Å². The molecule has 0 saturated heterocycles. The zero-order chi connectivity index (χ0) is 24.9. The first kappa shape index (κ1) is 23.4. The quantitative estimate of drug-likeness (QED) is 0.281. The third-order valence-corrected chi connectivity index (χ3v) is 6.24. The second-order valence-electron chi connectivity index (χ2n) is 8.79. The van der Waals surface area contributed by atoms with E-state index < -0.39 is 0 Å². The number of benzene rings is 3. The molecule has 0 saturated carbocycles. The van der Waals surface area contributed by atoms with E-state index in [-0.39, 0.29) is 5.91 Å². The maximum Gasteiger partial charge on any atom is 0.251 e. The van der Waals surface area contributed by atoms with Crippen molar-refractivity contribution in [2.45, 2.75) is 32.9 Å². The van der Waals surface area contributed by atoms with Crippen molar-refractivity contribution >= 4 is 33.7 Å². The molecule has 2 heterocycles. The third-order valence-electron chi connectivity index (χ3n) is 6.24. The fraction of sp³-hybridized carbons (Fsp3) is 0.207. The van der Waals surface area contributed by atoms with Crippen molar-refractivity contribution in [1.82, 2.24) is 19.9 Å². The second kappa shape index (κ2) is 10.5. The summed E-state index contributed by atoms with van der Waals surface area (Å²) < 4.78 is 8.26. The van der Waals surface area contributed by atoms with E-state index in [0.29, 0.717) is 30.0 Å². The van der Waals surface area contributed by atoms with Gasteiger partial charge in [0.2, 0.25) is 0 Å². The van der Waals surface area contributed by atoms with E-state index >= 15 is 0 Å². The van der Waals surface area contributed by atoms with Crippen LogP contribution in [0, 0.1) is 6.92 Å². The first-order valence-electron chi connectivity index (χ1n) is 12.2. The van der Waals surface area contributed by atoms with Gasteiger partial charge in [0.05, 0.1) is 11.0 Å². The van der Waals surface area contributed by atoms with Gasteiger partial charge >= 0.3 is 0 Å². The molecule has 5 rings (SSSR count). The van der Waals surface area contributed by atoms with Crippen molar-refractivity contribution in [1.29, 1.82) is 0 Å². The summed E-state index contributed by atoms with van der Waals surface area (Å²) in [6.07, 6.45) is 1.73. The van der Waals surface area contributed by atoms with Gasteiger partial charge in [-0.15, -0.1) is 0 Å². The molecule has 3 aromatic carbocycles. The zero-order valence-corrected chi connectivity index (χ0v) is 20.3. The van der Waals surface area contributed by atoms with Crippen LogP contribution in [0.3, 0.4) is 0 Å². The van der Waals surface area contributed by atoms with Crippen LogP contribution in [0.4, 0.5) is 5.82 Å². The summed E-state index contributed by atoms with van der Waals surface area (Å²) in [5.41, 5.74) is 10.5. The van der Waals surface area contributed by atoms with Gasteiger partial charge in [0.1, 0.15) is 23.7 Å². The number of anilines is 1.